The van der Waals surface area contributed by atoms with Crippen molar-refractivity contribution < 1.29 is 9.18 Å². The van der Waals surface area contributed by atoms with Crippen LogP contribution in [-0.4, -0.2) is 15.7 Å². The Balaban J connectivity index is 1.72. The molecule has 2 aromatic heterocycles. The number of carbonyl (C=O) groups is 1. The molecular weight excluding hydrogens is 363 g/mol. The second-order valence-electron chi connectivity index (χ2n) is 5.93. The summed E-state index contributed by atoms with van der Waals surface area (Å²) >= 11 is 1.28. The van der Waals surface area contributed by atoms with Crippen LogP contribution >= 0.6 is 11.3 Å². The molecule has 0 atom stereocenters. The Morgan fingerprint density at radius 3 is 2.81 bits per heavy atom. The van der Waals surface area contributed by atoms with E-state index in [0.717, 1.165) is 10.2 Å². The molecule has 0 aliphatic carbocycles. The summed E-state index contributed by atoms with van der Waals surface area (Å²) in [7, 11) is 1.77. The van der Waals surface area contributed by atoms with Gasteiger partial charge in [0.25, 0.3) is 5.91 Å². The zero-order chi connectivity index (χ0) is 19.0. The number of nitriles is 1. The maximum Gasteiger partial charge on any atom is 0.265 e. The fourth-order valence-corrected chi connectivity index (χ4v) is 3.83. The molecule has 0 spiro atoms. The number of anilines is 1. The van der Waals surface area contributed by atoms with Gasteiger partial charge in [0.05, 0.1) is 16.5 Å². The first-order valence-corrected chi connectivity index (χ1v) is 8.91. The third-order valence-corrected chi connectivity index (χ3v) is 5.31. The summed E-state index contributed by atoms with van der Waals surface area (Å²) in [5, 5.41) is 16.9. The number of hydrogen-bond donors (Lipinski definition) is 1. The summed E-state index contributed by atoms with van der Waals surface area (Å²) in [5.41, 5.74) is 1.92. The largest absolute Gasteiger partial charge is 0.321 e. The molecule has 1 N–H and O–H groups in total. The van der Waals surface area contributed by atoms with Gasteiger partial charge < -0.3 is 5.32 Å². The molecule has 0 aliphatic rings. The van der Waals surface area contributed by atoms with Crippen LogP contribution in [0.2, 0.25) is 0 Å². The van der Waals surface area contributed by atoms with E-state index >= 15 is 0 Å². The van der Waals surface area contributed by atoms with Gasteiger partial charge in [-0.3, -0.25) is 9.48 Å². The van der Waals surface area contributed by atoms with Crippen LogP contribution in [0, 0.1) is 17.1 Å². The highest BCUT2D eigenvalue weighted by atomic mass is 32.1. The monoisotopic (exact) mass is 376 g/mol. The second-order valence-corrected chi connectivity index (χ2v) is 6.96. The fourth-order valence-electron chi connectivity index (χ4n) is 2.86. The fraction of sp³-hybridized carbons (Fsp3) is 0.0500. The maximum atomic E-state index is 14.2. The number of nitrogens with one attached hydrogen (secondary N) is 1. The van der Waals surface area contributed by atoms with Crippen molar-refractivity contribution in [2.45, 2.75) is 0 Å². The molecule has 132 valence electrons. The third-order valence-electron chi connectivity index (χ3n) is 4.11. The van der Waals surface area contributed by atoms with Crippen LogP contribution in [0.4, 0.5) is 10.1 Å². The lowest BCUT2D eigenvalue weighted by atomic mass is 10.1. The van der Waals surface area contributed by atoms with Gasteiger partial charge in [-0.15, -0.1) is 11.3 Å². The average molecular weight is 376 g/mol. The number of benzene rings is 2. The highest BCUT2D eigenvalue weighted by molar-refractivity contribution is 7.20. The highest BCUT2D eigenvalue weighted by Crippen LogP contribution is 2.34. The van der Waals surface area contributed by atoms with Crippen LogP contribution in [0.1, 0.15) is 15.2 Å². The Morgan fingerprint density at radius 1 is 1.22 bits per heavy atom. The molecule has 7 heteroatoms. The van der Waals surface area contributed by atoms with Crippen molar-refractivity contribution in [3.8, 4) is 17.3 Å². The van der Waals surface area contributed by atoms with Crippen molar-refractivity contribution in [1.82, 2.24) is 9.78 Å². The summed E-state index contributed by atoms with van der Waals surface area (Å²) < 4.78 is 15.8. The van der Waals surface area contributed by atoms with Crippen molar-refractivity contribution in [3.05, 3.63) is 70.9 Å². The Morgan fingerprint density at radius 2 is 2.04 bits per heavy atom. The van der Waals surface area contributed by atoms with Gasteiger partial charge in [0.2, 0.25) is 0 Å². The van der Waals surface area contributed by atoms with Crippen LogP contribution in [0.3, 0.4) is 0 Å². The molecular formula is C20H13FN4OS. The molecule has 0 aliphatic heterocycles. The summed E-state index contributed by atoms with van der Waals surface area (Å²) in [6, 6.07) is 16.9. The number of thiophene rings is 1. The van der Waals surface area contributed by atoms with E-state index in [4.69, 9.17) is 5.26 Å². The van der Waals surface area contributed by atoms with Gasteiger partial charge in [-0.2, -0.15) is 10.4 Å². The minimum absolute atomic E-state index is 0.286. The number of carbonyl (C=O) groups excluding carboxylic acids is 1. The van der Waals surface area contributed by atoms with E-state index in [0.29, 0.717) is 27.4 Å². The summed E-state index contributed by atoms with van der Waals surface area (Å²) in [5.74, 6) is -0.645. The summed E-state index contributed by atoms with van der Waals surface area (Å²) in [4.78, 5) is 13.9. The lowest BCUT2D eigenvalue weighted by Gasteiger charge is -2.03. The van der Waals surface area contributed by atoms with Gasteiger partial charge in [0.15, 0.2) is 0 Å². The van der Waals surface area contributed by atoms with Gasteiger partial charge >= 0.3 is 0 Å². The number of amides is 1. The van der Waals surface area contributed by atoms with Crippen LogP contribution in [0.5, 0.6) is 0 Å². The Kier molecular flexibility index (Phi) is 4.18. The number of halogens is 1. The van der Waals surface area contributed by atoms with Crippen LogP contribution < -0.4 is 5.32 Å². The first kappa shape index (κ1) is 16.9. The number of nitrogens with zero attached hydrogens (tertiary/aromatic N) is 3. The SMILES string of the molecule is Cn1nc(-c2ccccc2F)c2cc(C(=O)Nc3cccc(C#N)c3)sc21. The maximum absolute atomic E-state index is 14.2. The second kappa shape index (κ2) is 6.67. The first-order chi connectivity index (χ1) is 13.1. The summed E-state index contributed by atoms with van der Waals surface area (Å²) in [6.07, 6.45) is 0. The Hall–Kier alpha value is -3.50. The molecule has 1 amide bonds. The van der Waals surface area contributed by atoms with E-state index in [-0.39, 0.29) is 11.7 Å². The van der Waals surface area contributed by atoms with E-state index in [1.807, 2.05) is 6.07 Å². The molecule has 0 radical (unpaired) electrons. The number of hydrogen-bond acceptors (Lipinski definition) is 4. The zero-order valence-electron chi connectivity index (χ0n) is 14.2. The van der Waals surface area contributed by atoms with E-state index in [1.165, 1.54) is 17.4 Å². The summed E-state index contributed by atoms with van der Waals surface area (Å²) in [6.45, 7) is 0. The molecule has 0 unspecified atom stereocenters. The molecule has 0 saturated heterocycles. The number of aromatic nitrogens is 2. The molecule has 0 saturated carbocycles. The van der Waals surface area contributed by atoms with E-state index in [2.05, 4.69) is 10.4 Å². The molecule has 0 fully saturated rings. The molecule has 27 heavy (non-hydrogen) atoms. The topological polar surface area (TPSA) is 70.7 Å². The predicted molar refractivity (Wildman–Crippen MR) is 103 cm³/mol. The van der Waals surface area contributed by atoms with Crippen LogP contribution in [0.25, 0.3) is 21.5 Å². The first-order valence-electron chi connectivity index (χ1n) is 8.10. The lowest BCUT2D eigenvalue weighted by Crippen LogP contribution is -2.10. The van der Waals surface area contributed by atoms with Crippen molar-refractivity contribution in [2.24, 2.45) is 7.05 Å². The van der Waals surface area contributed by atoms with E-state index in [9.17, 15) is 9.18 Å². The molecule has 5 nitrogen and oxygen atoms in total. The van der Waals surface area contributed by atoms with Gasteiger partial charge in [-0.25, -0.2) is 4.39 Å². The smallest absolute Gasteiger partial charge is 0.265 e. The van der Waals surface area contributed by atoms with Gasteiger partial charge in [0.1, 0.15) is 16.3 Å². The molecule has 0 bridgehead atoms. The van der Waals surface area contributed by atoms with E-state index in [1.54, 1.807) is 60.3 Å². The highest BCUT2D eigenvalue weighted by Gasteiger charge is 2.19. The standard InChI is InChI=1S/C20H13FN4OS/c1-25-20-15(18(24-25)14-7-2-3-8-16(14)21)10-17(27-20)19(26)23-13-6-4-5-12(9-13)11-22/h2-10H,1H3,(H,23,26). The molecule has 2 aromatic carbocycles. The quantitative estimate of drug-likeness (QED) is 0.570. The van der Waals surface area contributed by atoms with Gasteiger partial charge in [0, 0.05) is 23.7 Å². The number of fused-ring (bicyclic) bond motifs is 1. The predicted octanol–water partition coefficient (Wildman–Crippen LogP) is 4.56. The van der Waals surface area contributed by atoms with Crippen LogP contribution in [-0.2, 0) is 7.05 Å². The van der Waals surface area contributed by atoms with Crippen LogP contribution in [0.15, 0.2) is 54.6 Å². The minimum atomic E-state index is -0.358. The normalized spacial score (nSPS) is 10.7. The Labute approximate surface area is 158 Å². The van der Waals surface area contributed by atoms with Crippen molar-refractivity contribution in [3.63, 3.8) is 0 Å². The van der Waals surface area contributed by atoms with Crippen molar-refractivity contribution in [1.29, 1.82) is 5.26 Å². The van der Waals surface area contributed by atoms with Gasteiger partial charge in [-0.05, 0) is 36.4 Å². The van der Waals surface area contributed by atoms with Crippen molar-refractivity contribution >= 4 is 33.1 Å². The number of rotatable bonds is 3. The molecule has 4 rings (SSSR count). The minimum Gasteiger partial charge on any atom is -0.321 e. The van der Waals surface area contributed by atoms with Crippen molar-refractivity contribution in [2.75, 3.05) is 5.32 Å². The molecule has 4 aromatic rings. The lowest BCUT2D eigenvalue weighted by molar-refractivity contribution is 0.103. The van der Waals surface area contributed by atoms with E-state index < -0.39 is 0 Å². The third kappa shape index (κ3) is 3.07. The Bertz CT molecular complexity index is 1220. The van der Waals surface area contributed by atoms with Gasteiger partial charge in [-0.1, -0.05) is 18.2 Å². The zero-order valence-corrected chi connectivity index (χ0v) is 15.0. The average Bonchev–Trinajstić information content (AvgIpc) is 3.23. The molecule has 2 heterocycles. The number of aryl methyl sites for hydroxylation is 1.